The molecule has 0 N–H and O–H groups in total. The van der Waals surface area contributed by atoms with Crippen LogP contribution in [0.2, 0.25) is 0 Å². The van der Waals surface area contributed by atoms with Crippen LogP contribution in [-0.2, 0) is 19.1 Å². The minimum Gasteiger partial charge on any atom is -0.469 e. The van der Waals surface area contributed by atoms with Crippen LogP contribution < -0.4 is 0 Å². The van der Waals surface area contributed by atoms with E-state index in [1.54, 1.807) is 6.07 Å². The average molecular weight is 301 g/mol. The van der Waals surface area contributed by atoms with E-state index >= 15 is 0 Å². The summed E-state index contributed by atoms with van der Waals surface area (Å²) < 4.78 is 10.5. The average Bonchev–Trinajstić information content (AvgIpc) is 2.28. The van der Waals surface area contributed by atoms with Crippen molar-refractivity contribution in [1.29, 1.82) is 0 Å². The maximum absolute atomic E-state index is 11.3. The van der Waals surface area contributed by atoms with Gasteiger partial charge in [0.1, 0.15) is 6.10 Å². The molecule has 0 spiro atoms. The minimum atomic E-state index is -0.629. The fourth-order valence-electron chi connectivity index (χ4n) is 1.39. The second kappa shape index (κ2) is 6.39. The molecule has 0 aliphatic carbocycles. The van der Waals surface area contributed by atoms with Gasteiger partial charge in [-0.3, -0.25) is 9.59 Å². The van der Waals surface area contributed by atoms with Crippen molar-refractivity contribution in [1.82, 2.24) is 0 Å². The van der Waals surface area contributed by atoms with E-state index in [1.165, 1.54) is 14.0 Å². The molecule has 0 bridgehead atoms. The van der Waals surface area contributed by atoms with E-state index in [2.05, 4.69) is 20.7 Å². The summed E-state index contributed by atoms with van der Waals surface area (Å²) in [5.74, 6) is -0.860. The van der Waals surface area contributed by atoms with Crippen molar-refractivity contribution in [2.45, 2.75) is 19.4 Å². The minimum absolute atomic E-state index is 0.00130. The predicted molar refractivity (Wildman–Crippen MR) is 65.3 cm³/mol. The van der Waals surface area contributed by atoms with Gasteiger partial charge in [-0.1, -0.05) is 34.1 Å². The van der Waals surface area contributed by atoms with Gasteiger partial charge in [-0.15, -0.1) is 0 Å². The van der Waals surface area contributed by atoms with Crippen molar-refractivity contribution in [3.63, 3.8) is 0 Å². The zero-order valence-corrected chi connectivity index (χ0v) is 11.2. The molecule has 1 rings (SSSR count). The molecule has 92 valence electrons. The Kier molecular flexibility index (Phi) is 5.15. The van der Waals surface area contributed by atoms with Gasteiger partial charge >= 0.3 is 11.9 Å². The Bertz CT molecular complexity index is 417. The maximum Gasteiger partial charge on any atom is 0.309 e. The molecule has 0 amide bonds. The van der Waals surface area contributed by atoms with Crippen LogP contribution in [0.25, 0.3) is 0 Å². The van der Waals surface area contributed by atoms with E-state index < -0.39 is 18.0 Å². The zero-order chi connectivity index (χ0) is 12.8. The maximum atomic E-state index is 11.3. The third-order valence-electron chi connectivity index (χ3n) is 2.14. The van der Waals surface area contributed by atoms with Crippen LogP contribution in [0.1, 0.15) is 25.0 Å². The van der Waals surface area contributed by atoms with Crippen molar-refractivity contribution in [2.75, 3.05) is 7.11 Å². The van der Waals surface area contributed by atoms with Gasteiger partial charge in [0.25, 0.3) is 0 Å². The Labute approximate surface area is 108 Å². The summed E-state index contributed by atoms with van der Waals surface area (Å²) >= 11 is 3.36. The molecule has 0 saturated heterocycles. The molecule has 0 aliphatic rings. The van der Waals surface area contributed by atoms with Gasteiger partial charge in [0, 0.05) is 17.0 Å². The summed E-state index contributed by atoms with van der Waals surface area (Å²) in [6.45, 7) is 1.31. The van der Waals surface area contributed by atoms with Crippen LogP contribution in [0.4, 0.5) is 0 Å². The van der Waals surface area contributed by atoms with Gasteiger partial charge < -0.3 is 9.47 Å². The van der Waals surface area contributed by atoms with E-state index in [4.69, 9.17) is 4.74 Å². The van der Waals surface area contributed by atoms with E-state index in [0.29, 0.717) is 0 Å². The highest BCUT2D eigenvalue weighted by atomic mass is 79.9. The number of ether oxygens (including phenoxy) is 2. The first-order valence-electron chi connectivity index (χ1n) is 5.03. The highest BCUT2D eigenvalue weighted by Crippen LogP contribution is 2.28. The summed E-state index contributed by atoms with van der Waals surface area (Å²) in [5, 5.41) is 0. The third-order valence-corrected chi connectivity index (χ3v) is 2.86. The number of esters is 2. The monoisotopic (exact) mass is 300 g/mol. The highest BCUT2D eigenvalue weighted by Gasteiger charge is 2.21. The number of hydrogen-bond acceptors (Lipinski definition) is 4. The molecule has 17 heavy (non-hydrogen) atoms. The van der Waals surface area contributed by atoms with Crippen molar-refractivity contribution < 1.29 is 19.1 Å². The number of hydrogen-bond donors (Lipinski definition) is 0. The van der Waals surface area contributed by atoms with E-state index in [1.807, 2.05) is 18.2 Å². The van der Waals surface area contributed by atoms with Gasteiger partial charge in [-0.2, -0.15) is 0 Å². The SMILES string of the molecule is COC(=O)CC(OC(C)=O)c1ccccc1Br. The second-order valence-corrected chi connectivity index (χ2v) is 4.25. The Morgan fingerprint density at radius 1 is 1.35 bits per heavy atom. The Balaban J connectivity index is 2.93. The number of carbonyl (C=O) groups excluding carboxylic acids is 2. The Morgan fingerprint density at radius 2 is 2.00 bits per heavy atom. The molecule has 0 aromatic heterocycles. The third kappa shape index (κ3) is 4.19. The summed E-state index contributed by atoms with van der Waals surface area (Å²) in [4.78, 5) is 22.3. The summed E-state index contributed by atoms with van der Waals surface area (Å²) in [5.41, 5.74) is 0.744. The lowest BCUT2D eigenvalue weighted by Gasteiger charge is -2.17. The van der Waals surface area contributed by atoms with E-state index in [9.17, 15) is 9.59 Å². The summed E-state index contributed by atoms with van der Waals surface area (Å²) in [6.07, 6.45) is -0.630. The number of halogens is 1. The zero-order valence-electron chi connectivity index (χ0n) is 9.60. The van der Waals surface area contributed by atoms with Gasteiger partial charge in [-0.25, -0.2) is 0 Å². The highest BCUT2D eigenvalue weighted by molar-refractivity contribution is 9.10. The number of rotatable bonds is 4. The quantitative estimate of drug-likeness (QED) is 0.802. The number of carbonyl (C=O) groups is 2. The molecule has 1 unspecified atom stereocenters. The largest absolute Gasteiger partial charge is 0.469 e. The van der Waals surface area contributed by atoms with E-state index in [-0.39, 0.29) is 6.42 Å². The number of benzene rings is 1. The van der Waals surface area contributed by atoms with Crippen LogP contribution in [-0.4, -0.2) is 19.0 Å². The first-order chi connectivity index (χ1) is 8.04. The molecule has 0 heterocycles. The predicted octanol–water partition coefficient (Wildman–Crippen LogP) is 2.62. The van der Waals surface area contributed by atoms with E-state index in [0.717, 1.165) is 10.0 Å². The molecular formula is C12H13BrO4. The molecule has 0 fully saturated rings. The Morgan fingerprint density at radius 3 is 2.53 bits per heavy atom. The lowest BCUT2D eigenvalue weighted by Crippen LogP contribution is -2.14. The first kappa shape index (κ1) is 13.7. The molecule has 0 aliphatic heterocycles. The smallest absolute Gasteiger partial charge is 0.309 e. The molecule has 1 aromatic carbocycles. The molecule has 1 atom stereocenters. The molecule has 0 saturated carbocycles. The molecular weight excluding hydrogens is 288 g/mol. The van der Waals surface area contributed by atoms with Crippen LogP contribution in [0, 0.1) is 0 Å². The second-order valence-electron chi connectivity index (χ2n) is 3.40. The van der Waals surface area contributed by atoms with Gasteiger partial charge in [0.15, 0.2) is 0 Å². The van der Waals surface area contributed by atoms with Gasteiger partial charge in [0.2, 0.25) is 0 Å². The van der Waals surface area contributed by atoms with Gasteiger partial charge in [0.05, 0.1) is 13.5 Å². The van der Waals surface area contributed by atoms with Crippen molar-refractivity contribution in [3.05, 3.63) is 34.3 Å². The molecule has 0 radical (unpaired) electrons. The first-order valence-corrected chi connectivity index (χ1v) is 5.82. The van der Waals surface area contributed by atoms with Crippen molar-refractivity contribution >= 4 is 27.9 Å². The summed E-state index contributed by atoms with van der Waals surface area (Å²) in [7, 11) is 1.30. The van der Waals surface area contributed by atoms with Crippen molar-refractivity contribution in [3.8, 4) is 0 Å². The Hall–Kier alpha value is -1.36. The fraction of sp³-hybridized carbons (Fsp3) is 0.333. The lowest BCUT2D eigenvalue weighted by molar-refractivity contribution is -0.152. The molecule has 1 aromatic rings. The fourth-order valence-corrected chi connectivity index (χ4v) is 1.93. The number of methoxy groups -OCH3 is 1. The molecule has 5 heteroatoms. The standard InChI is InChI=1S/C12H13BrO4/c1-8(14)17-11(7-12(15)16-2)9-5-3-4-6-10(9)13/h3-6,11H,7H2,1-2H3. The topological polar surface area (TPSA) is 52.6 Å². The molecule has 4 nitrogen and oxygen atoms in total. The van der Waals surface area contributed by atoms with Gasteiger partial charge in [-0.05, 0) is 6.07 Å². The van der Waals surface area contributed by atoms with Crippen LogP contribution in [0.3, 0.4) is 0 Å². The van der Waals surface area contributed by atoms with Crippen LogP contribution in [0.5, 0.6) is 0 Å². The van der Waals surface area contributed by atoms with Crippen molar-refractivity contribution in [2.24, 2.45) is 0 Å². The van der Waals surface area contributed by atoms with Crippen LogP contribution >= 0.6 is 15.9 Å². The lowest BCUT2D eigenvalue weighted by atomic mass is 10.1. The summed E-state index contributed by atoms with van der Waals surface area (Å²) in [6, 6.07) is 7.27. The van der Waals surface area contributed by atoms with Crippen LogP contribution in [0.15, 0.2) is 28.7 Å². The normalized spacial score (nSPS) is 11.7.